The zero-order valence-electron chi connectivity index (χ0n) is 8.59. The van der Waals surface area contributed by atoms with E-state index in [-0.39, 0.29) is 50.5 Å². The third-order valence-electron chi connectivity index (χ3n) is 2.34. The van der Waals surface area contributed by atoms with Crippen molar-refractivity contribution in [3.05, 3.63) is 48.8 Å². The summed E-state index contributed by atoms with van der Waals surface area (Å²) in [7, 11) is 0. The van der Waals surface area contributed by atoms with Crippen molar-refractivity contribution < 1.29 is 50.5 Å². The Kier molecular flexibility index (Phi) is 6.84. The van der Waals surface area contributed by atoms with Gasteiger partial charge >= 0.3 is 16.5 Å². The summed E-state index contributed by atoms with van der Waals surface area (Å²) in [5.74, 6) is 0. The molecule has 0 fully saturated rings. The van der Waals surface area contributed by atoms with E-state index in [1.54, 1.807) is 12.4 Å². The summed E-state index contributed by atoms with van der Waals surface area (Å²) >= 11 is 0. The van der Waals surface area contributed by atoms with Crippen molar-refractivity contribution in [2.24, 2.45) is 0 Å². The van der Waals surface area contributed by atoms with Crippen LogP contribution in [0.15, 0.2) is 48.8 Å². The molecule has 5 heteroatoms. The molecule has 3 rings (SSSR count). The van der Waals surface area contributed by atoms with Crippen molar-refractivity contribution in [3.63, 3.8) is 0 Å². The first kappa shape index (κ1) is 16.5. The van der Waals surface area contributed by atoms with Gasteiger partial charge in [-0.25, -0.2) is 0 Å². The molecule has 0 aliphatic rings. The summed E-state index contributed by atoms with van der Waals surface area (Å²) < 4.78 is 0. The molecule has 0 amide bonds. The van der Waals surface area contributed by atoms with Gasteiger partial charge in [0, 0.05) is 23.2 Å². The van der Waals surface area contributed by atoms with Gasteiger partial charge in [-0.3, -0.25) is 9.97 Å². The minimum absolute atomic E-state index is 0. The Morgan fingerprint density at radius 3 is 1.47 bits per heavy atom. The fourth-order valence-corrected chi connectivity index (χ4v) is 1.68. The number of nitrogens with zero attached hydrogens (tertiary/aromatic N) is 2. The van der Waals surface area contributed by atoms with Crippen LogP contribution >= 0.6 is 0 Å². The number of aromatic nitrogens is 2. The van der Waals surface area contributed by atoms with Crippen LogP contribution in [0.4, 0.5) is 0 Å². The summed E-state index contributed by atoms with van der Waals surface area (Å²) in [6, 6.07) is 12.1. The Bertz CT molecular complexity index is 561. The number of hydrogen-bond donors (Lipinski definition) is 0. The predicted molar refractivity (Wildman–Crippen MR) is 57.0 cm³/mol. The van der Waals surface area contributed by atoms with Crippen molar-refractivity contribution in [2.45, 2.75) is 0 Å². The van der Waals surface area contributed by atoms with Gasteiger partial charge in [-0.05, 0) is 12.1 Å². The van der Waals surface area contributed by atoms with Gasteiger partial charge in [-0.1, -0.05) is 24.3 Å². The molecule has 1 aromatic carbocycles. The fraction of sp³-hybridized carbons (Fsp3) is 0. The normalized spacial score (nSPS) is 8.94. The van der Waals surface area contributed by atoms with Gasteiger partial charge in [0.2, 0.25) is 0 Å². The average molecular weight is 399 g/mol. The number of pyridine rings is 2. The van der Waals surface area contributed by atoms with Gasteiger partial charge in [-0.2, -0.15) is 0 Å². The number of fused-ring (bicyclic) bond motifs is 3. The number of halogens is 2. The van der Waals surface area contributed by atoms with Crippen LogP contribution in [0, 0.1) is 0 Å². The Hall–Kier alpha value is -0.506. The molecule has 2 nitrogen and oxygen atoms in total. The molecule has 0 aliphatic heterocycles. The molecule has 0 radical (unpaired) electrons. The zero-order valence-corrected chi connectivity index (χ0v) is 12.7. The minimum Gasteiger partial charge on any atom is -1.00 e. The van der Waals surface area contributed by atoms with E-state index in [2.05, 4.69) is 34.2 Å². The zero-order chi connectivity index (χ0) is 9.38. The molecule has 0 aliphatic carbocycles. The summed E-state index contributed by atoms with van der Waals surface area (Å²) in [4.78, 5) is 8.69. The maximum atomic E-state index is 4.35. The van der Waals surface area contributed by atoms with Crippen molar-refractivity contribution in [1.82, 2.24) is 9.97 Å². The Labute approximate surface area is 130 Å². The van der Waals surface area contributed by atoms with Crippen LogP contribution < -0.4 is 34.0 Å². The number of benzene rings is 1. The molecule has 0 saturated carbocycles. The van der Waals surface area contributed by atoms with Gasteiger partial charge in [-0.15, -0.1) is 0 Å². The smallest absolute Gasteiger partial charge is 1.00 e. The van der Waals surface area contributed by atoms with Crippen molar-refractivity contribution >= 4 is 21.8 Å². The fourth-order valence-electron chi connectivity index (χ4n) is 1.68. The van der Waals surface area contributed by atoms with Crippen molar-refractivity contribution in [3.8, 4) is 0 Å². The molecule has 0 saturated heterocycles. The monoisotopic (exact) mass is 396 g/mol. The molecule has 90 valence electrons. The van der Waals surface area contributed by atoms with E-state index < -0.39 is 0 Å². The number of rotatable bonds is 0. The molecular formula is C12H8Br2N2Ni. The number of hydrogen-bond acceptors (Lipinski definition) is 2. The Morgan fingerprint density at radius 2 is 1.06 bits per heavy atom. The van der Waals surface area contributed by atoms with E-state index >= 15 is 0 Å². The maximum absolute atomic E-state index is 4.35. The standard InChI is InChI=1S/C12H8N2.2BrH.Ni/c1-3-9-5-6-10-4-2-8-14-12(10)11(9)13-7-1;;;/h1-8H;2*1H;/q;;;+2/p-2. The van der Waals surface area contributed by atoms with Crippen LogP contribution in [0.25, 0.3) is 21.8 Å². The van der Waals surface area contributed by atoms with Gasteiger partial charge in [0.15, 0.2) is 0 Å². The molecule has 0 spiro atoms. The third kappa shape index (κ3) is 3.03. The van der Waals surface area contributed by atoms with Crippen LogP contribution in [-0.2, 0) is 16.5 Å². The maximum Gasteiger partial charge on any atom is 2.00 e. The van der Waals surface area contributed by atoms with Crippen molar-refractivity contribution in [1.29, 1.82) is 0 Å². The van der Waals surface area contributed by atoms with Gasteiger partial charge in [0.25, 0.3) is 0 Å². The second kappa shape index (κ2) is 7.05. The van der Waals surface area contributed by atoms with Crippen LogP contribution in [0.1, 0.15) is 0 Å². The molecule has 2 heterocycles. The quantitative estimate of drug-likeness (QED) is 0.294. The van der Waals surface area contributed by atoms with Crippen LogP contribution in [0.2, 0.25) is 0 Å². The van der Waals surface area contributed by atoms with E-state index in [0.29, 0.717) is 0 Å². The van der Waals surface area contributed by atoms with Crippen LogP contribution in [-0.4, -0.2) is 9.97 Å². The second-order valence-corrected chi connectivity index (χ2v) is 3.22. The largest absolute Gasteiger partial charge is 2.00 e. The third-order valence-corrected chi connectivity index (χ3v) is 2.34. The molecular weight excluding hydrogens is 391 g/mol. The summed E-state index contributed by atoms with van der Waals surface area (Å²) in [5.41, 5.74) is 1.95. The van der Waals surface area contributed by atoms with E-state index in [1.807, 2.05) is 12.1 Å². The van der Waals surface area contributed by atoms with Crippen LogP contribution in [0.3, 0.4) is 0 Å². The molecule has 3 aromatic rings. The summed E-state index contributed by atoms with van der Waals surface area (Å²) in [6.07, 6.45) is 3.60. The molecule has 0 atom stereocenters. The molecule has 17 heavy (non-hydrogen) atoms. The average Bonchev–Trinajstić information content (AvgIpc) is 2.29. The first-order valence-electron chi connectivity index (χ1n) is 4.53. The second-order valence-electron chi connectivity index (χ2n) is 3.22. The van der Waals surface area contributed by atoms with Gasteiger partial charge in [0.05, 0.1) is 11.0 Å². The van der Waals surface area contributed by atoms with E-state index in [0.717, 1.165) is 21.8 Å². The van der Waals surface area contributed by atoms with E-state index in [9.17, 15) is 0 Å². The SMILES string of the molecule is [Br-].[Br-].[Ni+2].c1cnc2c(c1)ccc1cccnc12. The topological polar surface area (TPSA) is 25.8 Å². The molecule has 0 unspecified atom stereocenters. The van der Waals surface area contributed by atoms with E-state index in [1.165, 1.54) is 0 Å². The first-order chi connectivity index (χ1) is 6.95. The first-order valence-corrected chi connectivity index (χ1v) is 4.53. The Morgan fingerprint density at radius 1 is 0.647 bits per heavy atom. The van der Waals surface area contributed by atoms with Gasteiger partial charge in [0.1, 0.15) is 0 Å². The minimum atomic E-state index is 0. The van der Waals surface area contributed by atoms with Gasteiger partial charge < -0.3 is 34.0 Å². The van der Waals surface area contributed by atoms with E-state index in [4.69, 9.17) is 0 Å². The predicted octanol–water partition coefficient (Wildman–Crippen LogP) is -3.21. The summed E-state index contributed by atoms with van der Waals surface area (Å²) in [6.45, 7) is 0. The van der Waals surface area contributed by atoms with Crippen LogP contribution in [0.5, 0.6) is 0 Å². The Balaban J connectivity index is 0.000000853. The molecule has 0 N–H and O–H groups in total. The summed E-state index contributed by atoms with van der Waals surface area (Å²) in [5, 5.41) is 2.28. The molecule has 2 aromatic heterocycles. The molecule has 0 bridgehead atoms. The van der Waals surface area contributed by atoms with Crippen molar-refractivity contribution in [2.75, 3.05) is 0 Å².